The normalized spacial score (nSPS) is 11.6. The average Bonchev–Trinajstić information content (AvgIpc) is 2.67. The van der Waals surface area contributed by atoms with Crippen LogP contribution in [0.4, 0.5) is 0 Å². The molecule has 0 aromatic rings. The van der Waals surface area contributed by atoms with E-state index in [0.717, 1.165) is 12.8 Å². The van der Waals surface area contributed by atoms with E-state index >= 15 is 0 Å². The Morgan fingerprint density at radius 1 is 0.929 bits per heavy atom. The Kier molecular flexibility index (Phi) is 17.4. The lowest BCUT2D eigenvalue weighted by Crippen LogP contribution is -2.42. The van der Waals surface area contributed by atoms with Gasteiger partial charge in [-0.15, -0.1) is 0 Å². The molecule has 0 saturated heterocycles. The molecule has 7 nitrogen and oxygen atoms in total. The van der Waals surface area contributed by atoms with Gasteiger partial charge in [0.1, 0.15) is 6.04 Å². The average molecular weight is 399 g/mol. The molecule has 164 valence electrons. The van der Waals surface area contributed by atoms with Gasteiger partial charge in [0.15, 0.2) is 5.96 Å². The van der Waals surface area contributed by atoms with Crippen LogP contribution in [-0.4, -0.2) is 37.5 Å². The number of ether oxygens (including phenoxy) is 1. The topological polar surface area (TPSA) is 117 Å². The van der Waals surface area contributed by atoms with Gasteiger partial charge in [0, 0.05) is 13.0 Å². The summed E-state index contributed by atoms with van der Waals surface area (Å²) < 4.78 is 4.76. The van der Waals surface area contributed by atoms with Crippen molar-refractivity contribution in [3.8, 4) is 0 Å². The second-order valence-corrected chi connectivity index (χ2v) is 7.41. The lowest BCUT2D eigenvalue weighted by Gasteiger charge is -2.16. The molecule has 0 saturated carbocycles. The molecule has 0 fully saturated rings. The molecule has 0 aliphatic carbocycles. The smallest absolute Gasteiger partial charge is 0.328 e. The second-order valence-electron chi connectivity index (χ2n) is 7.41. The first-order valence-corrected chi connectivity index (χ1v) is 11.0. The Labute approximate surface area is 171 Å². The number of hydrogen-bond donors (Lipinski definition) is 4. The van der Waals surface area contributed by atoms with E-state index < -0.39 is 12.0 Å². The zero-order valence-corrected chi connectivity index (χ0v) is 18.0. The van der Waals surface area contributed by atoms with Gasteiger partial charge >= 0.3 is 5.97 Å². The van der Waals surface area contributed by atoms with Crippen LogP contribution in [0.25, 0.3) is 0 Å². The SMILES string of the molecule is CCCCCCCCCCCCCC(=O)N[C@@H](CCCNC(=N)N)C(=O)OC. The highest BCUT2D eigenvalue weighted by Gasteiger charge is 2.20. The summed E-state index contributed by atoms with van der Waals surface area (Å²) in [6.45, 7) is 2.72. The molecule has 1 atom stereocenters. The summed E-state index contributed by atoms with van der Waals surface area (Å²) in [7, 11) is 1.32. The molecule has 1 amide bonds. The monoisotopic (exact) mass is 398 g/mol. The predicted octanol–water partition coefficient (Wildman–Crippen LogP) is 3.61. The highest BCUT2D eigenvalue weighted by molar-refractivity contribution is 5.84. The van der Waals surface area contributed by atoms with E-state index in [1.165, 1.54) is 64.9 Å². The lowest BCUT2D eigenvalue weighted by atomic mass is 10.0. The number of unbranched alkanes of at least 4 members (excludes halogenated alkanes) is 10. The highest BCUT2D eigenvalue weighted by Crippen LogP contribution is 2.12. The van der Waals surface area contributed by atoms with Crippen LogP contribution in [0.2, 0.25) is 0 Å². The Morgan fingerprint density at radius 2 is 1.46 bits per heavy atom. The maximum atomic E-state index is 12.1. The van der Waals surface area contributed by atoms with Crippen LogP contribution in [0.1, 0.15) is 96.8 Å². The van der Waals surface area contributed by atoms with Crippen molar-refractivity contribution in [3.63, 3.8) is 0 Å². The summed E-state index contributed by atoms with van der Waals surface area (Å²) in [6, 6.07) is -0.640. The Bertz CT molecular complexity index is 430. The maximum absolute atomic E-state index is 12.1. The number of guanidine groups is 1. The summed E-state index contributed by atoms with van der Waals surface area (Å²) in [4.78, 5) is 23.9. The molecule has 0 aliphatic heterocycles. The van der Waals surface area contributed by atoms with Crippen molar-refractivity contribution < 1.29 is 14.3 Å². The first-order valence-electron chi connectivity index (χ1n) is 11.0. The zero-order valence-electron chi connectivity index (χ0n) is 18.0. The summed E-state index contributed by atoms with van der Waals surface area (Å²) in [5, 5.41) is 12.5. The number of amides is 1. The third kappa shape index (κ3) is 16.4. The van der Waals surface area contributed by atoms with Crippen molar-refractivity contribution in [2.45, 2.75) is 103 Å². The molecule has 0 radical (unpaired) electrons. The fourth-order valence-electron chi connectivity index (χ4n) is 3.14. The van der Waals surface area contributed by atoms with E-state index in [1.807, 2.05) is 0 Å². The molecular formula is C21H42N4O3. The number of methoxy groups -OCH3 is 1. The Balaban J connectivity index is 3.76. The molecule has 0 rings (SSSR count). The molecule has 0 heterocycles. The maximum Gasteiger partial charge on any atom is 0.328 e. The summed E-state index contributed by atoms with van der Waals surface area (Å²) in [5.74, 6) is -0.642. The minimum atomic E-state index is -0.640. The number of rotatable bonds is 18. The highest BCUT2D eigenvalue weighted by atomic mass is 16.5. The number of esters is 1. The predicted molar refractivity (Wildman–Crippen MR) is 114 cm³/mol. The Hall–Kier alpha value is -1.79. The molecular weight excluding hydrogens is 356 g/mol. The number of nitrogens with two attached hydrogens (primary N) is 1. The van der Waals surface area contributed by atoms with E-state index in [0.29, 0.717) is 25.8 Å². The van der Waals surface area contributed by atoms with Crippen LogP contribution in [0.3, 0.4) is 0 Å². The number of carbonyl (C=O) groups excluding carboxylic acids is 2. The second kappa shape index (κ2) is 18.6. The molecule has 0 bridgehead atoms. The van der Waals surface area contributed by atoms with Gasteiger partial charge in [0.25, 0.3) is 0 Å². The fourth-order valence-corrected chi connectivity index (χ4v) is 3.14. The molecule has 28 heavy (non-hydrogen) atoms. The summed E-state index contributed by atoms with van der Waals surface area (Å²) in [6.07, 6.45) is 15.1. The standard InChI is InChI=1S/C21H42N4O3/c1-3-4-5-6-7-8-9-10-11-12-13-16-19(26)25-18(20(27)28-2)15-14-17-24-21(22)23/h18H,3-17H2,1-2H3,(H,25,26)(H4,22,23,24)/t18-/m0/s1. The van der Waals surface area contributed by atoms with Gasteiger partial charge < -0.3 is 21.1 Å². The van der Waals surface area contributed by atoms with Crippen molar-refractivity contribution in [3.05, 3.63) is 0 Å². The minimum Gasteiger partial charge on any atom is -0.467 e. The van der Waals surface area contributed by atoms with Crippen LogP contribution < -0.4 is 16.4 Å². The van der Waals surface area contributed by atoms with Crippen LogP contribution >= 0.6 is 0 Å². The van der Waals surface area contributed by atoms with Gasteiger partial charge in [0.2, 0.25) is 5.91 Å². The molecule has 5 N–H and O–H groups in total. The summed E-state index contributed by atoms with van der Waals surface area (Å²) in [5.41, 5.74) is 5.22. The summed E-state index contributed by atoms with van der Waals surface area (Å²) >= 11 is 0. The first kappa shape index (κ1) is 26.2. The van der Waals surface area contributed by atoms with Crippen molar-refractivity contribution in [2.75, 3.05) is 13.7 Å². The molecule has 7 heteroatoms. The van der Waals surface area contributed by atoms with Gasteiger partial charge in [-0.2, -0.15) is 0 Å². The molecule has 0 aromatic heterocycles. The fraction of sp³-hybridized carbons (Fsp3) is 0.857. The van der Waals surface area contributed by atoms with E-state index in [1.54, 1.807) is 0 Å². The third-order valence-corrected chi connectivity index (χ3v) is 4.81. The Morgan fingerprint density at radius 3 is 1.96 bits per heavy atom. The lowest BCUT2D eigenvalue weighted by molar-refractivity contribution is -0.145. The number of nitrogens with one attached hydrogen (secondary N) is 3. The van der Waals surface area contributed by atoms with Gasteiger partial charge in [0.05, 0.1) is 7.11 Å². The van der Waals surface area contributed by atoms with E-state index in [9.17, 15) is 9.59 Å². The van der Waals surface area contributed by atoms with Gasteiger partial charge in [-0.25, -0.2) is 4.79 Å². The van der Waals surface area contributed by atoms with Crippen LogP contribution in [-0.2, 0) is 14.3 Å². The third-order valence-electron chi connectivity index (χ3n) is 4.81. The van der Waals surface area contributed by atoms with Crippen LogP contribution in [0, 0.1) is 5.41 Å². The number of carbonyl (C=O) groups is 2. The van der Waals surface area contributed by atoms with E-state index in [4.69, 9.17) is 15.9 Å². The van der Waals surface area contributed by atoms with Gasteiger partial charge in [-0.1, -0.05) is 71.1 Å². The van der Waals surface area contributed by atoms with Crippen molar-refractivity contribution >= 4 is 17.8 Å². The van der Waals surface area contributed by atoms with Crippen LogP contribution in [0.15, 0.2) is 0 Å². The largest absolute Gasteiger partial charge is 0.467 e. The minimum absolute atomic E-state index is 0.102. The zero-order chi connectivity index (χ0) is 21.0. The molecule has 0 spiro atoms. The molecule has 0 unspecified atom stereocenters. The van der Waals surface area contributed by atoms with E-state index in [2.05, 4.69) is 17.6 Å². The molecule has 0 aliphatic rings. The number of hydrogen-bond acceptors (Lipinski definition) is 4. The van der Waals surface area contributed by atoms with Crippen molar-refractivity contribution in [1.29, 1.82) is 5.41 Å². The van der Waals surface area contributed by atoms with Crippen molar-refractivity contribution in [2.24, 2.45) is 5.73 Å². The van der Waals surface area contributed by atoms with Gasteiger partial charge in [-0.05, 0) is 19.3 Å². The van der Waals surface area contributed by atoms with Gasteiger partial charge in [-0.3, -0.25) is 10.2 Å². The first-order chi connectivity index (χ1) is 13.5. The molecule has 0 aromatic carbocycles. The van der Waals surface area contributed by atoms with Crippen LogP contribution in [0.5, 0.6) is 0 Å². The van der Waals surface area contributed by atoms with Crippen molar-refractivity contribution in [1.82, 2.24) is 10.6 Å². The van der Waals surface area contributed by atoms with E-state index in [-0.39, 0.29) is 11.9 Å². The quantitative estimate of drug-likeness (QED) is 0.122.